The fourth-order valence-electron chi connectivity index (χ4n) is 1.73. The Morgan fingerprint density at radius 3 is 2.42 bits per heavy atom. The molecule has 106 valence electrons. The van der Waals surface area contributed by atoms with Crippen molar-refractivity contribution in [2.24, 2.45) is 5.92 Å². The van der Waals surface area contributed by atoms with Gasteiger partial charge in [0.2, 0.25) is 0 Å². The summed E-state index contributed by atoms with van der Waals surface area (Å²) >= 11 is 6.36. The predicted octanol–water partition coefficient (Wildman–Crippen LogP) is 3.48. The van der Waals surface area contributed by atoms with E-state index in [1.165, 1.54) is 6.07 Å². The van der Waals surface area contributed by atoms with Gasteiger partial charge in [0, 0.05) is 8.95 Å². The van der Waals surface area contributed by atoms with Gasteiger partial charge in [-0.25, -0.2) is 8.42 Å². The van der Waals surface area contributed by atoms with Gasteiger partial charge in [0.15, 0.2) is 15.1 Å². The molecular weight excluding hydrogens is 400 g/mol. The molecule has 0 aliphatic rings. The Morgan fingerprint density at radius 1 is 1.37 bits per heavy atom. The van der Waals surface area contributed by atoms with Crippen LogP contribution in [0, 0.1) is 5.92 Å². The van der Waals surface area contributed by atoms with Gasteiger partial charge in [-0.15, -0.1) is 0 Å². The lowest BCUT2D eigenvalue weighted by molar-refractivity contribution is -0.137. The van der Waals surface area contributed by atoms with Gasteiger partial charge in [-0.3, -0.25) is 4.79 Å². The Kier molecular flexibility index (Phi) is 5.58. The molecule has 0 amide bonds. The smallest absolute Gasteiger partial charge is 0.322 e. The van der Waals surface area contributed by atoms with Crippen molar-refractivity contribution < 1.29 is 18.3 Å². The molecule has 2 unspecified atom stereocenters. The average molecular weight is 414 g/mol. The Bertz CT molecular complexity index is 583. The van der Waals surface area contributed by atoms with E-state index < -0.39 is 27.0 Å². The van der Waals surface area contributed by atoms with Crippen LogP contribution in [0.3, 0.4) is 0 Å². The highest BCUT2D eigenvalue weighted by molar-refractivity contribution is 9.11. The van der Waals surface area contributed by atoms with Crippen LogP contribution >= 0.6 is 31.9 Å². The maximum atomic E-state index is 12.5. The largest absolute Gasteiger partial charge is 0.480 e. The molecule has 2 atom stereocenters. The first-order chi connectivity index (χ1) is 8.71. The molecule has 0 aliphatic carbocycles. The summed E-state index contributed by atoms with van der Waals surface area (Å²) in [5.74, 6) is -1.78. The Morgan fingerprint density at radius 2 is 1.95 bits per heavy atom. The van der Waals surface area contributed by atoms with Crippen molar-refractivity contribution in [1.29, 1.82) is 0 Å². The molecule has 1 aromatic carbocycles. The third kappa shape index (κ3) is 3.58. The van der Waals surface area contributed by atoms with Crippen molar-refractivity contribution >= 4 is 47.7 Å². The monoisotopic (exact) mass is 412 g/mol. The molecule has 0 radical (unpaired) electrons. The van der Waals surface area contributed by atoms with Crippen LogP contribution in [0.5, 0.6) is 0 Å². The third-order valence-electron chi connectivity index (χ3n) is 2.94. The Hall–Kier alpha value is -0.400. The summed E-state index contributed by atoms with van der Waals surface area (Å²) in [4.78, 5) is 11.3. The van der Waals surface area contributed by atoms with Crippen LogP contribution < -0.4 is 0 Å². The van der Waals surface area contributed by atoms with Crippen molar-refractivity contribution in [1.82, 2.24) is 0 Å². The molecular formula is C12H14Br2O4S. The lowest BCUT2D eigenvalue weighted by atomic mass is 10.1. The molecule has 1 N–H and O–H groups in total. The Labute approximate surface area is 129 Å². The van der Waals surface area contributed by atoms with Crippen LogP contribution in [0.1, 0.15) is 20.3 Å². The van der Waals surface area contributed by atoms with Crippen LogP contribution in [0.2, 0.25) is 0 Å². The van der Waals surface area contributed by atoms with E-state index >= 15 is 0 Å². The zero-order valence-corrected chi connectivity index (χ0v) is 14.4. The molecule has 0 aliphatic heterocycles. The molecule has 0 saturated heterocycles. The highest BCUT2D eigenvalue weighted by Gasteiger charge is 2.38. The lowest BCUT2D eigenvalue weighted by Crippen LogP contribution is -2.36. The van der Waals surface area contributed by atoms with Crippen molar-refractivity contribution in [3.05, 3.63) is 27.1 Å². The Balaban J connectivity index is 3.43. The number of hydrogen-bond acceptors (Lipinski definition) is 3. The first-order valence-corrected chi connectivity index (χ1v) is 8.76. The topological polar surface area (TPSA) is 71.4 Å². The maximum absolute atomic E-state index is 12.5. The van der Waals surface area contributed by atoms with Gasteiger partial charge in [-0.2, -0.15) is 0 Å². The van der Waals surface area contributed by atoms with Gasteiger partial charge in [-0.1, -0.05) is 36.2 Å². The molecule has 0 aromatic heterocycles. The number of rotatable bonds is 5. The second kappa shape index (κ2) is 6.37. The van der Waals surface area contributed by atoms with Gasteiger partial charge in [0.25, 0.3) is 0 Å². The first-order valence-electron chi connectivity index (χ1n) is 5.63. The van der Waals surface area contributed by atoms with E-state index in [9.17, 15) is 18.3 Å². The molecule has 0 fully saturated rings. The number of carboxylic acid groups (broad SMARTS) is 1. The fourth-order valence-corrected chi connectivity index (χ4v) is 5.14. The normalized spacial score (nSPS) is 14.9. The van der Waals surface area contributed by atoms with Gasteiger partial charge in [0.1, 0.15) is 0 Å². The van der Waals surface area contributed by atoms with E-state index in [1.807, 2.05) is 0 Å². The van der Waals surface area contributed by atoms with Crippen LogP contribution in [-0.4, -0.2) is 24.7 Å². The first kappa shape index (κ1) is 16.7. The molecule has 0 spiro atoms. The van der Waals surface area contributed by atoms with E-state index in [0.717, 1.165) is 0 Å². The molecule has 0 bridgehead atoms. The van der Waals surface area contributed by atoms with E-state index in [1.54, 1.807) is 26.0 Å². The minimum Gasteiger partial charge on any atom is -0.480 e. The standard InChI is InChI=1S/C12H14Br2O4S/c1-3-7(2)11(12(15)16)19(17,18)10-6-8(13)4-5-9(10)14/h4-7,11H,3H2,1-2H3,(H,15,16). The second-order valence-electron chi connectivity index (χ2n) is 4.26. The van der Waals surface area contributed by atoms with Crippen molar-refractivity contribution in [3.63, 3.8) is 0 Å². The van der Waals surface area contributed by atoms with E-state index in [4.69, 9.17) is 0 Å². The van der Waals surface area contributed by atoms with Crippen molar-refractivity contribution in [2.45, 2.75) is 30.4 Å². The summed E-state index contributed by atoms with van der Waals surface area (Å²) in [7, 11) is -3.94. The number of sulfone groups is 1. The molecule has 19 heavy (non-hydrogen) atoms. The molecule has 7 heteroatoms. The second-order valence-corrected chi connectivity index (χ2v) is 8.07. The number of benzene rings is 1. The van der Waals surface area contributed by atoms with E-state index in [-0.39, 0.29) is 4.90 Å². The summed E-state index contributed by atoms with van der Waals surface area (Å²) in [6.07, 6.45) is 0.474. The zero-order valence-electron chi connectivity index (χ0n) is 10.4. The van der Waals surface area contributed by atoms with Crippen LogP contribution in [-0.2, 0) is 14.6 Å². The summed E-state index contributed by atoms with van der Waals surface area (Å²) < 4.78 is 26.0. The quantitative estimate of drug-likeness (QED) is 0.801. The van der Waals surface area contributed by atoms with Crippen molar-refractivity contribution in [2.75, 3.05) is 0 Å². The summed E-state index contributed by atoms with van der Waals surface area (Å²) in [6.45, 7) is 3.40. The number of aliphatic carboxylic acids is 1. The minimum atomic E-state index is -3.94. The van der Waals surface area contributed by atoms with E-state index in [2.05, 4.69) is 31.9 Å². The van der Waals surface area contributed by atoms with Crippen LogP contribution in [0.4, 0.5) is 0 Å². The maximum Gasteiger partial charge on any atom is 0.322 e. The molecule has 1 aromatic rings. The van der Waals surface area contributed by atoms with Gasteiger partial charge >= 0.3 is 5.97 Å². The SMILES string of the molecule is CCC(C)C(C(=O)O)S(=O)(=O)c1cc(Br)ccc1Br. The van der Waals surface area contributed by atoms with Crippen LogP contribution in [0.15, 0.2) is 32.0 Å². The molecule has 4 nitrogen and oxygen atoms in total. The summed E-state index contributed by atoms with van der Waals surface area (Å²) in [5, 5.41) is 7.78. The van der Waals surface area contributed by atoms with Crippen molar-refractivity contribution in [3.8, 4) is 0 Å². The fraction of sp³-hybridized carbons (Fsp3) is 0.417. The lowest BCUT2D eigenvalue weighted by Gasteiger charge is -2.20. The number of carboxylic acids is 1. The van der Waals surface area contributed by atoms with Crippen LogP contribution in [0.25, 0.3) is 0 Å². The predicted molar refractivity (Wildman–Crippen MR) is 79.9 cm³/mol. The molecule has 0 heterocycles. The van der Waals surface area contributed by atoms with Gasteiger partial charge < -0.3 is 5.11 Å². The third-order valence-corrected chi connectivity index (χ3v) is 6.67. The average Bonchev–Trinajstić information content (AvgIpc) is 2.31. The zero-order chi connectivity index (χ0) is 14.8. The highest BCUT2D eigenvalue weighted by Crippen LogP contribution is 2.31. The minimum absolute atomic E-state index is 0.00502. The molecule has 1 rings (SSSR count). The summed E-state index contributed by atoms with van der Waals surface area (Å²) in [6, 6.07) is 4.67. The van der Waals surface area contributed by atoms with Gasteiger partial charge in [0.05, 0.1) is 4.90 Å². The van der Waals surface area contributed by atoms with E-state index in [0.29, 0.717) is 15.4 Å². The summed E-state index contributed by atoms with van der Waals surface area (Å²) in [5.41, 5.74) is 0. The number of carbonyl (C=O) groups is 1. The molecule has 0 saturated carbocycles. The van der Waals surface area contributed by atoms with Gasteiger partial charge in [-0.05, 0) is 40.0 Å². The highest BCUT2D eigenvalue weighted by atomic mass is 79.9. The number of halogens is 2. The number of hydrogen-bond donors (Lipinski definition) is 1.